The van der Waals surface area contributed by atoms with Gasteiger partial charge in [0.2, 0.25) is 17.7 Å². The zero-order valence-electron chi connectivity index (χ0n) is 19.4. The van der Waals surface area contributed by atoms with Gasteiger partial charge in [-0.15, -0.1) is 0 Å². The number of aryl methyl sites for hydroxylation is 2. The van der Waals surface area contributed by atoms with E-state index in [9.17, 15) is 9.59 Å². The number of hydrogen-bond acceptors (Lipinski definition) is 5. The van der Waals surface area contributed by atoms with Gasteiger partial charge in [0, 0.05) is 37.4 Å². The lowest BCUT2D eigenvalue weighted by atomic mass is 10.1. The van der Waals surface area contributed by atoms with Gasteiger partial charge < -0.3 is 14.6 Å². The van der Waals surface area contributed by atoms with Crippen molar-refractivity contribution in [3.8, 4) is 11.5 Å². The summed E-state index contributed by atoms with van der Waals surface area (Å²) in [6.07, 6.45) is 0.218. The largest absolute Gasteiger partial charge is 0.441 e. The van der Waals surface area contributed by atoms with E-state index < -0.39 is 0 Å². The standard InChI is InChI=1S/C26H30N4O3/c1-18-8-7-11-22(19(18)2)27-24(31)17-29-12-14-30(15-13-29)25(32)16-23-20(3)33-26(28-23)21-9-5-4-6-10-21/h4-11H,12-17H2,1-3H3,(H,27,31). The highest BCUT2D eigenvalue weighted by Crippen LogP contribution is 2.22. The Kier molecular flexibility index (Phi) is 6.89. The number of aromatic nitrogens is 1. The van der Waals surface area contributed by atoms with Crippen LogP contribution in [-0.2, 0) is 16.0 Å². The third-order valence-electron chi connectivity index (χ3n) is 6.20. The fourth-order valence-corrected chi connectivity index (χ4v) is 3.99. The number of benzene rings is 2. The number of oxazole rings is 1. The molecule has 4 rings (SSSR count). The van der Waals surface area contributed by atoms with Crippen LogP contribution in [0.2, 0.25) is 0 Å². The van der Waals surface area contributed by atoms with Gasteiger partial charge in [-0.2, -0.15) is 0 Å². The molecule has 1 aliphatic rings. The Balaban J connectivity index is 1.27. The lowest BCUT2D eigenvalue weighted by molar-refractivity contribution is -0.132. The fraction of sp³-hybridized carbons (Fsp3) is 0.346. The molecule has 0 aliphatic carbocycles. The molecule has 1 aromatic heterocycles. The second-order valence-electron chi connectivity index (χ2n) is 8.52. The van der Waals surface area contributed by atoms with Gasteiger partial charge in [0.1, 0.15) is 5.76 Å². The van der Waals surface area contributed by atoms with Gasteiger partial charge in [-0.25, -0.2) is 4.98 Å². The number of nitrogens with one attached hydrogen (secondary N) is 1. The van der Waals surface area contributed by atoms with E-state index in [1.165, 1.54) is 0 Å². The summed E-state index contributed by atoms with van der Waals surface area (Å²) in [5.41, 5.74) is 4.66. The minimum absolute atomic E-state index is 0.0323. The molecule has 7 nitrogen and oxygen atoms in total. The third kappa shape index (κ3) is 5.49. The van der Waals surface area contributed by atoms with Crippen molar-refractivity contribution >= 4 is 17.5 Å². The summed E-state index contributed by atoms with van der Waals surface area (Å²) in [6, 6.07) is 15.6. The smallest absolute Gasteiger partial charge is 0.238 e. The normalized spacial score (nSPS) is 14.3. The molecule has 0 spiro atoms. The number of piperazine rings is 1. The van der Waals surface area contributed by atoms with Crippen molar-refractivity contribution in [3.05, 3.63) is 71.1 Å². The molecule has 0 bridgehead atoms. The highest BCUT2D eigenvalue weighted by Gasteiger charge is 2.24. The second-order valence-corrected chi connectivity index (χ2v) is 8.52. The second kappa shape index (κ2) is 10.0. The zero-order valence-corrected chi connectivity index (χ0v) is 19.4. The first kappa shape index (κ1) is 22.7. The third-order valence-corrected chi connectivity index (χ3v) is 6.20. The SMILES string of the molecule is Cc1cccc(NC(=O)CN2CCN(C(=O)Cc3nc(-c4ccccc4)oc3C)CC2)c1C. The van der Waals surface area contributed by atoms with Crippen molar-refractivity contribution in [2.45, 2.75) is 27.2 Å². The van der Waals surface area contributed by atoms with Crippen LogP contribution < -0.4 is 5.32 Å². The number of rotatable bonds is 6. The van der Waals surface area contributed by atoms with Crippen LogP contribution in [0.15, 0.2) is 52.9 Å². The molecule has 3 aromatic rings. The lowest BCUT2D eigenvalue weighted by Crippen LogP contribution is -2.50. The lowest BCUT2D eigenvalue weighted by Gasteiger charge is -2.34. The van der Waals surface area contributed by atoms with Gasteiger partial charge in [0.15, 0.2) is 0 Å². The van der Waals surface area contributed by atoms with Crippen LogP contribution in [-0.4, -0.2) is 59.3 Å². The Hall–Kier alpha value is -3.45. The molecule has 0 saturated carbocycles. The van der Waals surface area contributed by atoms with Crippen molar-refractivity contribution < 1.29 is 14.0 Å². The van der Waals surface area contributed by atoms with Gasteiger partial charge in [0.25, 0.3) is 0 Å². The molecule has 7 heteroatoms. The average Bonchev–Trinajstić information content (AvgIpc) is 3.18. The molecule has 0 radical (unpaired) electrons. The first-order valence-corrected chi connectivity index (χ1v) is 11.3. The fourth-order valence-electron chi connectivity index (χ4n) is 3.99. The van der Waals surface area contributed by atoms with E-state index in [0.29, 0.717) is 50.1 Å². The van der Waals surface area contributed by atoms with E-state index in [4.69, 9.17) is 4.42 Å². The Morgan fingerprint density at radius 1 is 0.970 bits per heavy atom. The molecule has 172 valence electrons. The van der Waals surface area contributed by atoms with Crippen molar-refractivity contribution in [2.24, 2.45) is 0 Å². The van der Waals surface area contributed by atoms with E-state index in [2.05, 4.69) is 15.2 Å². The van der Waals surface area contributed by atoms with E-state index in [1.807, 2.05) is 74.2 Å². The zero-order chi connectivity index (χ0) is 23.4. The Morgan fingerprint density at radius 2 is 1.70 bits per heavy atom. The molecule has 0 unspecified atom stereocenters. The minimum Gasteiger partial charge on any atom is -0.441 e. The molecule has 0 atom stereocenters. The number of nitrogens with zero attached hydrogens (tertiary/aromatic N) is 3. The van der Waals surface area contributed by atoms with Crippen LogP contribution in [0.5, 0.6) is 0 Å². The molecule has 1 N–H and O–H groups in total. The Morgan fingerprint density at radius 3 is 2.42 bits per heavy atom. The molecular formula is C26H30N4O3. The summed E-state index contributed by atoms with van der Waals surface area (Å²) in [4.78, 5) is 33.8. The number of carbonyl (C=O) groups is 2. The van der Waals surface area contributed by atoms with Gasteiger partial charge in [-0.3, -0.25) is 14.5 Å². The summed E-state index contributed by atoms with van der Waals surface area (Å²) < 4.78 is 5.78. The van der Waals surface area contributed by atoms with Crippen molar-refractivity contribution in [1.82, 2.24) is 14.8 Å². The summed E-state index contributed by atoms with van der Waals surface area (Å²) in [6.45, 7) is 8.72. The van der Waals surface area contributed by atoms with Crippen LogP contribution in [0.4, 0.5) is 5.69 Å². The van der Waals surface area contributed by atoms with Gasteiger partial charge in [-0.05, 0) is 50.1 Å². The highest BCUT2D eigenvalue weighted by atomic mass is 16.4. The maximum Gasteiger partial charge on any atom is 0.238 e. The number of amides is 2. The molecule has 33 heavy (non-hydrogen) atoms. The first-order chi connectivity index (χ1) is 15.9. The van der Waals surface area contributed by atoms with Crippen molar-refractivity contribution in [3.63, 3.8) is 0 Å². The summed E-state index contributed by atoms with van der Waals surface area (Å²) in [5, 5.41) is 3.01. The predicted octanol–water partition coefficient (Wildman–Crippen LogP) is 3.59. The molecule has 1 aliphatic heterocycles. The summed E-state index contributed by atoms with van der Waals surface area (Å²) in [5.74, 6) is 1.21. The Bertz CT molecular complexity index is 1130. The van der Waals surface area contributed by atoms with Crippen LogP contribution >= 0.6 is 0 Å². The molecule has 1 saturated heterocycles. The molecule has 2 heterocycles. The predicted molar refractivity (Wildman–Crippen MR) is 128 cm³/mol. The van der Waals surface area contributed by atoms with E-state index in [0.717, 1.165) is 22.4 Å². The Labute approximate surface area is 194 Å². The number of hydrogen-bond donors (Lipinski definition) is 1. The van der Waals surface area contributed by atoms with E-state index in [1.54, 1.807) is 0 Å². The maximum atomic E-state index is 12.9. The molecular weight excluding hydrogens is 416 g/mol. The monoisotopic (exact) mass is 446 g/mol. The summed E-state index contributed by atoms with van der Waals surface area (Å²) >= 11 is 0. The average molecular weight is 447 g/mol. The van der Waals surface area contributed by atoms with E-state index >= 15 is 0 Å². The van der Waals surface area contributed by atoms with Crippen molar-refractivity contribution in [2.75, 3.05) is 38.0 Å². The number of carbonyl (C=O) groups excluding carboxylic acids is 2. The van der Waals surface area contributed by atoms with Gasteiger partial charge in [0.05, 0.1) is 18.7 Å². The topological polar surface area (TPSA) is 78.7 Å². The minimum atomic E-state index is -0.0323. The maximum absolute atomic E-state index is 12.9. The van der Waals surface area contributed by atoms with Crippen LogP contribution in [0, 0.1) is 20.8 Å². The van der Waals surface area contributed by atoms with Crippen molar-refractivity contribution in [1.29, 1.82) is 0 Å². The van der Waals surface area contributed by atoms with E-state index in [-0.39, 0.29) is 18.2 Å². The van der Waals surface area contributed by atoms with Crippen LogP contribution in [0.25, 0.3) is 11.5 Å². The van der Waals surface area contributed by atoms with Crippen LogP contribution in [0.3, 0.4) is 0 Å². The number of anilines is 1. The molecule has 2 amide bonds. The van der Waals surface area contributed by atoms with Gasteiger partial charge in [-0.1, -0.05) is 30.3 Å². The van der Waals surface area contributed by atoms with Crippen LogP contribution in [0.1, 0.15) is 22.6 Å². The summed E-state index contributed by atoms with van der Waals surface area (Å²) in [7, 11) is 0. The first-order valence-electron chi connectivity index (χ1n) is 11.3. The molecule has 1 fully saturated rings. The van der Waals surface area contributed by atoms with Gasteiger partial charge >= 0.3 is 0 Å². The molecule has 2 aromatic carbocycles. The highest BCUT2D eigenvalue weighted by molar-refractivity contribution is 5.93. The quantitative estimate of drug-likeness (QED) is 0.626.